The third-order valence-corrected chi connectivity index (χ3v) is 3.67. The zero-order valence-electron chi connectivity index (χ0n) is 11.7. The minimum Gasteiger partial charge on any atom is -0.379 e. The number of morpholine rings is 1. The molecule has 0 spiro atoms. The van der Waals surface area contributed by atoms with E-state index in [1.54, 1.807) is 0 Å². The molecule has 0 aromatic carbocycles. The van der Waals surface area contributed by atoms with Gasteiger partial charge in [0.25, 0.3) is 0 Å². The van der Waals surface area contributed by atoms with Crippen molar-refractivity contribution in [1.29, 1.82) is 0 Å². The molecule has 0 aromatic heterocycles. The molecular weight excluding hydrogens is 230 g/mol. The number of nitrogens with two attached hydrogens (primary N) is 1. The van der Waals surface area contributed by atoms with Crippen LogP contribution in [0.5, 0.6) is 0 Å². The Labute approximate surface area is 110 Å². The van der Waals surface area contributed by atoms with Crippen LogP contribution >= 0.6 is 0 Å². The molecule has 1 saturated heterocycles. The van der Waals surface area contributed by atoms with E-state index in [-0.39, 0.29) is 11.9 Å². The first-order chi connectivity index (χ1) is 8.63. The van der Waals surface area contributed by atoms with Crippen LogP contribution < -0.4 is 11.1 Å². The van der Waals surface area contributed by atoms with E-state index >= 15 is 0 Å². The van der Waals surface area contributed by atoms with Gasteiger partial charge in [0, 0.05) is 38.6 Å². The Balaban J connectivity index is 2.09. The minimum absolute atomic E-state index is 0.0577. The predicted molar refractivity (Wildman–Crippen MR) is 72.3 cm³/mol. The summed E-state index contributed by atoms with van der Waals surface area (Å²) >= 11 is 0. The van der Waals surface area contributed by atoms with Crippen molar-refractivity contribution in [2.45, 2.75) is 32.7 Å². The zero-order chi connectivity index (χ0) is 13.4. The Morgan fingerprint density at radius 2 is 2.11 bits per heavy atom. The van der Waals surface area contributed by atoms with Crippen molar-refractivity contribution < 1.29 is 9.53 Å². The van der Waals surface area contributed by atoms with Crippen LogP contribution in [-0.4, -0.2) is 56.2 Å². The highest BCUT2D eigenvalue weighted by Gasteiger charge is 2.14. The van der Waals surface area contributed by atoms with Crippen LogP contribution in [0.25, 0.3) is 0 Å². The van der Waals surface area contributed by atoms with Crippen LogP contribution in [-0.2, 0) is 9.53 Å². The minimum atomic E-state index is 0.0577. The second kappa shape index (κ2) is 8.45. The molecule has 1 unspecified atom stereocenters. The van der Waals surface area contributed by atoms with Gasteiger partial charge in [-0.15, -0.1) is 0 Å². The Hall–Kier alpha value is -0.650. The molecule has 1 rings (SSSR count). The molecule has 0 aliphatic carbocycles. The first-order valence-corrected chi connectivity index (χ1v) is 6.95. The molecule has 0 bridgehead atoms. The highest BCUT2D eigenvalue weighted by molar-refractivity contribution is 5.76. The molecular formula is C13H27N3O2. The average Bonchev–Trinajstić information content (AvgIpc) is 2.42. The number of nitrogens with zero attached hydrogens (tertiary/aromatic N) is 1. The van der Waals surface area contributed by atoms with E-state index in [0.29, 0.717) is 18.9 Å². The summed E-state index contributed by atoms with van der Waals surface area (Å²) < 4.78 is 5.27. The van der Waals surface area contributed by atoms with Crippen LogP contribution in [0.1, 0.15) is 26.7 Å². The van der Waals surface area contributed by atoms with Gasteiger partial charge >= 0.3 is 0 Å². The fourth-order valence-corrected chi connectivity index (χ4v) is 1.91. The number of hydrogen-bond acceptors (Lipinski definition) is 4. The van der Waals surface area contributed by atoms with Crippen LogP contribution in [0.4, 0.5) is 0 Å². The van der Waals surface area contributed by atoms with Crippen molar-refractivity contribution in [2.75, 3.05) is 39.4 Å². The summed E-state index contributed by atoms with van der Waals surface area (Å²) in [5.74, 6) is 0.546. The molecule has 0 radical (unpaired) electrons. The van der Waals surface area contributed by atoms with E-state index in [0.717, 1.165) is 39.3 Å². The van der Waals surface area contributed by atoms with E-state index in [1.807, 2.05) is 0 Å². The van der Waals surface area contributed by atoms with Gasteiger partial charge in [0.2, 0.25) is 5.91 Å². The average molecular weight is 257 g/mol. The third kappa shape index (κ3) is 5.80. The molecule has 3 N–H and O–H groups in total. The molecule has 1 aliphatic rings. The lowest BCUT2D eigenvalue weighted by molar-refractivity contribution is -0.121. The van der Waals surface area contributed by atoms with Gasteiger partial charge < -0.3 is 15.8 Å². The standard InChI is InChI=1S/C13H27N3O2/c1-3-11(2)12(14)10-15-13(17)4-5-16-6-8-18-9-7-16/h11-12H,3-10,14H2,1-2H3,(H,15,17)/t11?,12-/m1/s1. The van der Waals surface area contributed by atoms with Gasteiger partial charge in [-0.3, -0.25) is 9.69 Å². The van der Waals surface area contributed by atoms with Crippen molar-refractivity contribution in [2.24, 2.45) is 11.7 Å². The summed E-state index contributed by atoms with van der Waals surface area (Å²) in [7, 11) is 0. The number of ether oxygens (including phenoxy) is 1. The van der Waals surface area contributed by atoms with Crippen molar-refractivity contribution in [3.05, 3.63) is 0 Å². The van der Waals surface area contributed by atoms with Crippen molar-refractivity contribution in [3.63, 3.8) is 0 Å². The van der Waals surface area contributed by atoms with Gasteiger partial charge in [-0.1, -0.05) is 20.3 Å². The lowest BCUT2D eigenvalue weighted by Gasteiger charge is -2.26. The summed E-state index contributed by atoms with van der Waals surface area (Å²) in [5, 5.41) is 2.92. The summed E-state index contributed by atoms with van der Waals surface area (Å²) in [6, 6.07) is 0.0577. The summed E-state index contributed by atoms with van der Waals surface area (Å²) in [6.45, 7) is 9.04. The highest BCUT2D eigenvalue weighted by atomic mass is 16.5. The maximum atomic E-state index is 11.7. The van der Waals surface area contributed by atoms with Crippen molar-refractivity contribution in [1.82, 2.24) is 10.2 Å². The number of amides is 1. The van der Waals surface area contributed by atoms with Crippen molar-refractivity contribution in [3.8, 4) is 0 Å². The molecule has 1 amide bonds. The van der Waals surface area contributed by atoms with Gasteiger partial charge in [-0.05, 0) is 5.92 Å². The second-order valence-electron chi connectivity index (χ2n) is 5.06. The third-order valence-electron chi connectivity index (χ3n) is 3.67. The van der Waals surface area contributed by atoms with Crippen LogP contribution in [0.2, 0.25) is 0 Å². The van der Waals surface area contributed by atoms with Crippen molar-refractivity contribution >= 4 is 5.91 Å². The summed E-state index contributed by atoms with van der Waals surface area (Å²) in [6.07, 6.45) is 1.60. The van der Waals surface area contributed by atoms with E-state index in [1.165, 1.54) is 0 Å². The SMILES string of the molecule is CCC(C)[C@H](N)CNC(=O)CCN1CCOCC1. The normalized spacial score (nSPS) is 20.4. The molecule has 1 heterocycles. The molecule has 18 heavy (non-hydrogen) atoms. The zero-order valence-corrected chi connectivity index (χ0v) is 11.7. The predicted octanol–water partition coefficient (Wildman–Crippen LogP) is 0.198. The molecule has 1 aliphatic heterocycles. The maximum Gasteiger partial charge on any atom is 0.221 e. The van der Waals surface area contributed by atoms with Gasteiger partial charge in [0.15, 0.2) is 0 Å². The van der Waals surface area contributed by atoms with Crippen LogP contribution in [0, 0.1) is 5.92 Å². The van der Waals surface area contributed by atoms with Crippen LogP contribution in [0.3, 0.4) is 0 Å². The Morgan fingerprint density at radius 3 is 2.72 bits per heavy atom. The highest BCUT2D eigenvalue weighted by Crippen LogP contribution is 2.04. The molecule has 5 nitrogen and oxygen atoms in total. The number of rotatable bonds is 7. The van der Waals surface area contributed by atoms with Crippen LogP contribution in [0.15, 0.2) is 0 Å². The smallest absolute Gasteiger partial charge is 0.221 e. The lowest BCUT2D eigenvalue weighted by Crippen LogP contribution is -2.43. The first kappa shape index (κ1) is 15.4. The molecule has 2 atom stereocenters. The van der Waals surface area contributed by atoms with E-state index in [9.17, 15) is 4.79 Å². The summed E-state index contributed by atoms with van der Waals surface area (Å²) in [5.41, 5.74) is 5.97. The van der Waals surface area contributed by atoms with E-state index in [4.69, 9.17) is 10.5 Å². The number of carbonyl (C=O) groups is 1. The molecule has 1 fully saturated rings. The van der Waals surface area contributed by atoms with E-state index in [2.05, 4.69) is 24.1 Å². The molecule has 0 saturated carbocycles. The monoisotopic (exact) mass is 257 g/mol. The molecule has 0 aromatic rings. The Kier molecular flexibility index (Phi) is 7.23. The topological polar surface area (TPSA) is 67.6 Å². The van der Waals surface area contributed by atoms with Gasteiger partial charge in [-0.25, -0.2) is 0 Å². The van der Waals surface area contributed by atoms with Gasteiger partial charge in [0.05, 0.1) is 13.2 Å². The number of nitrogens with one attached hydrogen (secondary N) is 1. The number of hydrogen-bond donors (Lipinski definition) is 2. The molecule has 5 heteroatoms. The largest absolute Gasteiger partial charge is 0.379 e. The number of carbonyl (C=O) groups excluding carboxylic acids is 1. The van der Waals surface area contributed by atoms with Gasteiger partial charge in [0.1, 0.15) is 0 Å². The Bertz CT molecular complexity index is 234. The fourth-order valence-electron chi connectivity index (χ4n) is 1.91. The summed E-state index contributed by atoms with van der Waals surface area (Å²) in [4.78, 5) is 13.9. The maximum absolute atomic E-state index is 11.7. The fraction of sp³-hybridized carbons (Fsp3) is 0.923. The lowest BCUT2D eigenvalue weighted by atomic mass is 10.0. The van der Waals surface area contributed by atoms with E-state index < -0.39 is 0 Å². The molecule has 106 valence electrons. The first-order valence-electron chi connectivity index (χ1n) is 6.95. The Morgan fingerprint density at radius 1 is 1.44 bits per heavy atom. The van der Waals surface area contributed by atoms with Gasteiger partial charge in [-0.2, -0.15) is 0 Å². The quantitative estimate of drug-likeness (QED) is 0.683. The second-order valence-corrected chi connectivity index (χ2v) is 5.06.